The van der Waals surface area contributed by atoms with Gasteiger partial charge < -0.3 is 14.1 Å². The number of likely N-dealkylation sites (tertiary alicyclic amines) is 1. The van der Waals surface area contributed by atoms with Crippen LogP contribution in [-0.4, -0.2) is 30.5 Å². The van der Waals surface area contributed by atoms with Crippen molar-refractivity contribution in [2.45, 2.75) is 26.2 Å². The predicted octanol–water partition coefficient (Wildman–Crippen LogP) is 3.46. The van der Waals surface area contributed by atoms with Gasteiger partial charge in [-0.05, 0) is 38.3 Å². The molecule has 2 heterocycles. The molecule has 1 amide bonds. The van der Waals surface area contributed by atoms with Gasteiger partial charge in [-0.3, -0.25) is 4.79 Å². The number of carbonyl (C=O) groups excluding carboxylic acids is 1. The number of hydrogen-bond donors (Lipinski definition) is 0. The highest BCUT2D eigenvalue weighted by atomic mass is 16.5. The fraction of sp³-hybridized carbons (Fsp3) is 0.438. The number of rotatable bonds is 3. The highest BCUT2D eigenvalue weighted by Crippen LogP contribution is 2.29. The molecule has 4 nitrogen and oxygen atoms in total. The first-order valence-corrected chi connectivity index (χ1v) is 7.24. The molecule has 0 N–H and O–H groups in total. The lowest BCUT2D eigenvalue weighted by atomic mass is 10.1. The van der Waals surface area contributed by atoms with Crippen molar-refractivity contribution < 1.29 is 13.9 Å². The predicted molar refractivity (Wildman–Crippen MR) is 77.1 cm³/mol. The number of piperidine rings is 1. The molecule has 0 saturated carbocycles. The van der Waals surface area contributed by atoms with Crippen LogP contribution in [0.5, 0.6) is 5.75 Å². The van der Waals surface area contributed by atoms with E-state index < -0.39 is 0 Å². The lowest BCUT2D eigenvalue weighted by Crippen LogP contribution is -2.35. The highest BCUT2D eigenvalue weighted by Gasteiger charge is 2.22. The second kappa shape index (κ2) is 5.57. The molecule has 0 radical (unpaired) electrons. The van der Waals surface area contributed by atoms with Gasteiger partial charge in [0.15, 0.2) is 17.1 Å². The molecule has 1 fully saturated rings. The molecule has 1 aromatic heterocycles. The molecule has 20 heavy (non-hydrogen) atoms. The first-order chi connectivity index (χ1) is 9.79. The molecule has 0 aliphatic carbocycles. The Labute approximate surface area is 118 Å². The Bertz CT molecular complexity index is 611. The number of amides is 1. The Morgan fingerprint density at radius 3 is 2.85 bits per heavy atom. The molecule has 1 aliphatic heterocycles. The van der Waals surface area contributed by atoms with Crippen LogP contribution in [0.4, 0.5) is 0 Å². The Kier molecular flexibility index (Phi) is 3.63. The molecule has 1 saturated heterocycles. The summed E-state index contributed by atoms with van der Waals surface area (Å²) in [5.74, 6) is 1.10. The summed E-state index contributed by atoms with van der Waals surface area (Å²) in [7, 11) is 0. The van der Waals surface area contributed by atoms with E-state index in [0.29, 0.717) is 23.7 Å². The van der Waals surface area contributed by atoms with Gasteiger partial charge in [0, 0.05) is 18.5 Å². The molecule has 2 aromatic rings. The molecule has 4 heteroatoms. The molecule has 1 aromatic carbocycles. The molecule has 106 valence electrons. The van der Waals surface area contributed by atoms with Crippen molar-refractivity contribution in [1.82, 2.24) is 4.90 Å². The third-order valence-corrected chi connectivity index (χ3v) is 3.66. The normalized spacial score (nSPS) is 15.6. The zero-order chi connectivity index (χ0) is 13.9. The summed E-state index contributed by atoms with van der Waals surface area (Å²) in [6, 6.07) is 7.53. The summed E-state index contributed by atoms with van der Waals surface area (Å²) in [4.78, 5) is 14.3. The lowest BCUT2D eigenvalue weighted by molar-refractivity contribution is 0.0694. The Morgan fingerprint density at radius 2 is 2.10 bits per heavy atom. The molecule has 3 rings (SSSR count). The van der Waals surface area contributed by atoms with E-state index in [2.05, 4.69) is 0 Å². The van der Waals surface area contributed by atoms with Gasteiger partial charge in [-0.15, -0.1) is 0 Å². The van der Waals surface area contributed by atoms with Crippen LogP contribution < -0.4 is 4.74 Å². The van der Waals surface area contributed by atoms with Crippen molar-refractivity contribution in [3.05, 3.63) is 30.0 Å². The monoisotopic (exact) mass is 273 g/mol. The molecular formula is C16H19NO3. The third-order valence-electron chi connectivity index (χ3n) is 3.66. The summed E-state index contributed by atoms with van der Waals surface area (Å²) < 4.78 is 11.3. The quantitative estimate of drug-likeness (QED) is 0.860. The fourth-order valence-corrected chi connectivity index (χ4v) is 2.66. The minimum atomic E-state index is -0.0108. The van der Waals surface area contributed by atoms with Gasteiger partial charge in [-0.1, -0.05) is 12.1 Å². The number of nitrogens with zero attached hydrogens (tertiary/aromatic N) is 1. The molecule has 0 atom stereocenters. The average Bonchev–Trinajstić information content (AvgIpc) is 2.93. The summed E-state index contributed by atoms with van der Waals surface area (Å²) >= 11 is 0. The van der Waals surface area contributed by atoms with Gasteiger partial charge in [-0.25, -0.2) is 0 Å². The molecule has 0 spiro atoms. The van der Waals surface area contributed by atoms with E-state index in [0.717, 1.165) is 31.3 Å². The van der Waals surface area contributed by atoms with Crippen LogP contribution in [-0.2, 0) is 0 Å². The number of ether oxygens (including phenoxy) is 1. The van der Waals surface area contributed by atoms with E-state index in [4.69, 9.17) is 9.15 Å². The molecule has 0 unspecified atom stereocenters. The maximum Gasteiger partial charge on any atom is 0.289 e. The molecule has 0 bridgehead atoms. The molecule has 1 aliphatic rings. The van der Waals surface area contributed by atoms with Crippen LogP contribution in [0.25, 0.3) is 11.0 Å². The highest BCUT2D eigenvalue weighted by molar-refractivity contribution is 5.97. The fourth-order valence-electron chi connectivity index (χ4n) is 2.66. The number of fused-ring (bicyclic) bond motifs is 1. The average molecular weight is 273 g/mol. The van der Waals surface area contributed by atoms with Crippen LogP contribution in [0.1, 0.15) is 36.7 Å². The summed E-state index contributed by atoms with van der Waals surface area (Å²) in [6.45, 7) is 4.17. The minimum Gasteiger partial charge on any atom is -0.490 e. The largest absolute Gasteiger partial charge is 0.490 e. The van der Waals surface area contributed by atoms with Crippen LogP contribution in [0.15, 0.2) is 28.7 Å². The van der Waals surface area contributed by atoms with Gasteiger partial charge >= 0.3 is 0 Å². The molecular weight excluding hydrogens is 254 g/mol. The van der Waals surface area contributed by atoms with Crippen molar-refractivity contribution >= 4 is 16.9 Å². The number of hydrogen-bond acceptors (Lipinski definition) is 3. The first kappa shape index (κ1) is 13.0. The van der Waals surface area contributed by atoms with Crippen molar-refractivity contribution in [2.75, 3.05) is 19.7 Å². The number of carbonyl (C=O) groups is 1. The van der Waals surface area contributed by atoms with Crippen LogP contribution in [0, 0.1) is 0 Å². The summed E-state index contributed by atoms with van der Waals surface area (Å²) in [6.07, 6.45) is 3.37. The Morgan fingerprint density at radius 1 is 1.30 bits per heavy atom. The zero-order valence-electron chi connectivity index (χ0n) is 11.7. The van der Waals surface area contributed by atoms with Crippen LogP contribution >= 0.6 is 0 Å². The van der Waals surface area contributed by atoms with Crippen molar-refractivity contribution in [3.8, 4) is 5.75 Å². The topological polar surface area (TPSA) is 42.7 Å². The van der Waals surface area contributed by atoms with Crippen LogP contribution in [0.2, 0.25) is 0 Å². The zero-order valence-corrected chi connectivity index (χ0v) is 11.7. The van der Waals surface area contributed by atoms with E-state index in [1.807, 2.05) is 36.1 Å². The van der Waals surface area contributed by atoms with E-state index in [1.165, 1.54) is 6.42 Å². The van der Waals surface area contributed by atoms with E-state index >= 15 is 0 Å². The van der Waals surface area contributed by atoms with Gasteiger partial charge in [0.2, 0.25) is 0 Å². The lowest BCUT2D eigenvalue weighted by Gasteiger charge is -2.25. The maximum absolute atomic E-state index is 12.4. The third kappa shape index (κ3) is 2.38. The van der Waals surface area contributed by atoms with Gasteiger partial charge in [-0.2, -0.15) is 0 Å². The number of furan rings is 1. The first-order valence-electron chi connectivity index (χ1n) is 7.24. The summed E-state index contributed by atoms with van der Waals surface area (Å²) in [5.41, 5.74) is 0.662. The van der Waals surface area contributed by atoms with E-state index in [1.54, 1.807) is 0 Å². The van der Waals surface area contributed by atoms with Crippen molar-refractivity contribution in [1.29, 1.82) is 0 Å². The number of benzene rings is 1. The van der Waals surface area contributed by atoms with Crippen LogP contribution in [0.3, 0.4) is 0 Å². The Balaban J connectivity index is 1.92. The SMILES string of the molecule is CCOc1cccc2cc(C(=O)N3CCCCC3)oc12. The van der Waals surface area contributed by atoms with Crippen molar-refractivity contribution in [3.63, 3.8) is 0 Å². The smallest absolute Gasteiger partial charge is 0.289 e. The van der Waals surface area contributed by atoms with Gasteiger partial charge in [0.05, 0.1) is 6.61 Å². The second-order valence-electron chi connectivity index (χ2n) is 5.07. The number of para-hydroxylation sites is 1. The minimum absolute atomic E-state index is 0.0108. The summed E-state index contributed by atoms with van der Waals surface area (Å²) in [5, 5.41) is 0.913. The second-order valence-corrected chi connectivity index (χ2v) is 5.07. The standard InChI is InChI=1S/C16H19NO3/c1-2-19-13-8-6-7-12-11-14(20-15(12)13)16(18)17-9-4-3-5-10-17/h6-8,11H,2-5,9-10H2,1H3. The van der Waals surface area contributed by atoms with Gasteiger partial charge in [0.25, 0.3) is 5.91 Å². The van der Waals surface area contributed by atoms with E-state index in [-0.39, 0.29) is 5.91 Å². The van der Waals surface area contributed by atoms with E-state index in [9.17, 15) is 4.79 Å². The maximum atomic E-state index is 12.4. The van der Waals surface area contributed by atoms with Gasteiger partial charge in [0.1, 0.15) is 0 Å². The van der Waals surface area contributed by atoms with Crippen molar-refractivity contribution in [2.24, 2.45) is 0 Å². The Hall–Kier alpha value is -1.97.